The lowest BCUT2D eigenvalue weighted by Crippen LogP contribution is -1.96. The number of hydrogen-bond donors (Lipinski definition) is 1. The summed E-state index contributed by atoms with van der Waals surface area (Å²) in [4.78, 5) is 0. The zero-order valence-electron chi connectivity index (χ0n) is 7.95. The molecule has 0 bridgehead atoms. The van der Waals surface area contributed by atoms with Crippen LogP contribution in [0.4, 0.5) is 5.69 Å². The molecule has 0 atom stereocenters. The fraction of sp³-hybridized carbons (Fsp3) is 0.100. The summed E-state index contributed by atoms with van der Waals surface area (Å²) in [5.41, 5.74) is 3.89. The fourth-order valence-corrected chi connectivity index (χ4v) is 1.18. The molecule has 5 heteroatoms. The molecule has 0 amide bonds. The van der Waals surface area contributed by atoms with Gasteiger partial charge in [0.25, 0.3) is 0 Å². The normalized spacial score (nSPS) is 8.53. The second kappa shape index (κ2) is 4.99. The first-order valence-electron chi connectivity index (χ1n) is 4.07. The molecular formula is C10H7ClN4. The van der Waals surface area contributed by atoms with E-state index in [1.54, 1.807) is 24.3 Å². The number of benzene rings is 1. The van der Waals surface area contributed by atoms with Crippen molar-refractivity contribution in [2.24, 2.45) is 5.10 Å². The Labute approximate surface area is 92.4 Å². The molecule has 0 aliphatic heterocycles. The summed E-state index contributed by atoms with van der Waals surface area (Å²) in [6.45, 7) is 1.91. The third kappa shape index (κ3) is 2.98. The number of aryl methyl sites for hydroxylation is 1. The van der Waals surface area contributed by atoms with Gasteiger partial charge in [-0.15, -0.1) is 0 Å². The van der Waals surface area contributed by atoms with Crippen molar-refractivity contribution in [2.75, 3.05) is 5.43 Å². The van der Waals surface area contributed by atoms with Gasteiger partial charge in [0.15, 0.2) is 0 Å². The van der Waals surface area contributed by atoms with Crippen LogP contribution in [0.25, 0.3) is 0 Å². The Balaban J connectivity index is 2.89. The fourth-order valence-electron chi connectivity index (χ4n) is 0.902. The quantitative estimate of drug-likeness (QED) is 0.612. The van der Waals surface area contributed by atoms with E-state index in [1.807, 2.05) is 13.0 Å². The standard InChI is InChI=1S/C10H7ClN4/c1-7-2-3-10(9(11)4-7)15-14-8(5-12)6-13/h2-4,15H,1H3. The molecule has 0 heterocycles. The Morgan fingerprint density at radius 3 is 2.60 bits per heavy atom. The molecular weight excluding hydrogens is 212 g/mol. The van der Waals surface area contributed by atoms with Gasteiger partial charge in [-0.3, -0.25) is 5.43 Å². The minimum Gasteiger partial charge on any atom is -0.275 e. The molecule has 0 fully saturated rings. The molecule has 0 radical (unpaired) electrons. The number of nitriles is 2. The SMILES string of the molecule is Cc1ccc(NN=C(C#N)C#N)c(Cl)c1. The first-order chi connectivity index (χ1) is 7.17. The third-order valence-electron chi connectivity index (χ3n) is 1.62. The van der Waals surface area contributed by atoms with Gasteiger partial charge >= 0.3 is 0 Å². The van der Waals surface area contributed by atoms with E-state index in [-0.39, 0.29) is 5.71 Å². The third-order valence-corrected chi connectivity index (χ3v) is 1.94. The van der Waals surface area contributed by atoms with Crippen molar-refractivity contribution in [1.29, 1.82) is 10.5 Å². The number of halogens is 1. The van der Waals surface area contributed by atoms with Crippen molar-refractivity contribution in [3.8, 4) is 12.1 Å². The van der Waals surface area contributed by atoms with Crippen LogP contribution < -0.4 is 5.43 Å². The van der Waals surface area contributed by atoms with Gasteiger partial charge in [-0.2, -0.15) is 15.6 Å². The van der Waals surface area contributed by atoms with Crippen LogP contribution in [0.15, 0.2) is 23.3 Å². The van der Waals surface area contributed by atoms with Gasteiger partial charge in [-0.05, 0) is 24.6 Å². The largest absolute Gasteiger partial charge is 0.275 e. The number of nitrogens with zero attached hydrogens (tertiary/aromatic N) is 3. The van der Waals surface area contributed by atoms with E-state index in [2.05, 4.69) is 10.5 Å². The molecule has 0 aromatic heterocycles. The van der Waals surface area contributed by atoms with Crippen LogP contribution in [0.3, 0.4) is 0 Å². The van der Waals surface area contributed by atoms with E-state index in [0.29, 0.717) is 10.7 Å². The summed E-state index contributed by atoms with van der Waals surface area (Å²) >= 11 is 5.90. The lowest BCUT2D eigenvalue weighted by molar-refractivity contribution is 1.33. The highest BCUT2D eigenvalue weighted by Gasteiger charge is 1.99. The lowest BCUT2D eigenvalue weighted by Gasteiger charge is -2.03. The van der Waals surface area contributed by atoms with Gasteiger partial charge < -0.3 is 0 Å². The van der Waals surface area contributed by atoms with Gasteiger partial charge in [0.1, 0.15) is 12.1 Å². The minimum atomic E-state index is -0.244. The number of hydrazone groups is 1. The molecule has 1 N–H and O–H groups in total. The van der Waals surface area contributed by atoms with Crippen molar-refractivity contribution >= 4 is 23.0 Å². The second-order valence-corrected chi connectivity index (χ2v) is 3.19. The zero-order chi connectivity index (χ0) is 11.3. The topological polar surface area (TPSA) is 72.0 Å². The Bertz CT molecular complexity index is 463. The molecule has 1 rings (SSSR count). The molecule has 4 nitrogen and oxygen atoms in total. The highest BCUT2D eigenvalue weighted by molar-refractivity contribution is 6.33. The molecule has 74 valence electrons. The van der Waals surface area contributed by atoms with Gasteiger partial charge in [0.2, 0.25) is 5.71 Å². The van der Waals surface area contributed by atoms with E-state index in [9.17, 15) is 0 Å². The van der Waals surface area contributed by atoms with Crippen LogP contribution in [0, 0.1) is 29.6 Å². The highest BCUT2D eigenvalue weighted by atomic mass is 35.5. The predicted molar refractivity (Wildman–Crippen MR) is 58.5 cm³/mol. The van der Waals surface area contributed by atoms with E-state index in [0.717, 1.165) is 5.56 Å². The van der Waals surface area contributed by atoms with Crippen molar-refractivity contribution in [3.63, 3.8) is 0 Å². The molecule has 0 saturated heterocycles. The van der Waals surface area contributed by atoms with Crippen LogP contribution in [0.2, 0.25) is 5.02 Å². The number of nitrogens with one attached hydrogen (secondary N) is 1. The van der Waals surface area contributed by atoms with Crippen LogP contribution in [-0.2, 0) is 0 Å². The Morgan fingerprint density at radius 1 is 1.40 bits per heavy atom. The first-order valence-corrected chi connectivity index (χ1v) is 4.45. The predicted octanol–water partition coefficient (Wildman–Crippen LogP) is 2.46. The maximum atomic E-state index is 8.44. The molecule has 1 aromatic carbocycles. The van der Waals surface area contributed by atoms with Crippen LogP contribution in [-0.4, -0.2) is 5.71 Å². The van der Waals surface area contributed by atoms with Crippen molar-refractivity contribution in [1.82, 2.24) is 0 Å². The molecule has 0 saturated carbocycles. The average Bonchev–Trinajstić information content (AvgIpc) is 2.22. The average molecular weight is 219 g/mol. The monoisotopic (exact) mass is 218 g/mol. The van der Waals surface area contributed by atoms with Crippen molar-refractivity contribution < 1.29 is 0 Å². The Morgan fingerprint density at radius 2 is 2.07 bits per heavy atom. The van der Waals surface area contributed by atoms with Crippen LogP contribution in [0.5, 0.6) is 0 Å². The summed E-state index contributed by atoms with van der Waals surface area (Å²) in [6, 6.07) is 8.61. The Hall–Kier alpha value is -2.04. The van der Waals surface area contributed by atoms with Gasteiger partial charge in [0.05, 0.1) is 10.7 Å². The number of anilines is 1. The summed E-state index contributed by atoms with van der Waals surface area (Å²) < 4.78 is 0. The molecule has 0 unspecified atom stereocenters. The molecule has 15 heavy (non-hydrogen) atoms. The maximum absolute atomic E-state index is 8.44. The van der Waals surface area contributed by atoms with Gasteiger partial charge in [-0.25, -0.2) is 0 Å². The molecule has 0 aliphatic rings. The summed E-state index contributed by atoms with van der Waals surface area (Å²) in [6.07, 6.45) is 0. The van der Waals surface area contributed by atoms with Crippen molar-refractivity contribution in [2.45, 2.75) is 6.92 Å². The van der Waals surface area contributed by atoms with Gasteiger partial charge in [-0.1, -0.05) is 17.7 Å². The van der Waals surface area contributed by atoms with E-state index >= 15 is 0 Å². The smallest absolute Gasteiger partial charge is 0.237 e. The minimum absolute atomic E-state index is 0.244. The zero-order valence-corrected chi connectivity index (χ0v) is 8.71. The van der Waals surface area contributed by atoms with E-state index < -0.39 is 0 Å². The van der Waals surface area contributed by atoms with Crippen molar-refractivity contribution in [3.05, 3.63) is 28.8 Å². The summed E-state index contributed by atoms with van der Waals surface area (Å²) in [7, 11) is 0. The highest BCUT2D eigenvalue weighted by Crippen LogP contribution is 2.22. The molecule has 0 aliphatic carbocycles. The maximum Gasteiger partial charge on any atom is 0.237 e. The molecule has 1 aromatic rings. The molecule has 0 spiro atoms. The second-order valence-electron chi connectivity index (χ2n) is 2.78. The number of rotatable bonds is 2. The van der Waals surface area contributed by atoms with E-state index in [4.69, 9.17) is 22.1 Å². The Kier molecular flexibility index (Phi) is 3.68. The van der Waals surface area contributed by atoms with Crippen LogP contribution in [0.1, 0.15) is 5.56 Å². The summed E-state index contributed by atoms with van der Waals surface area (Å²) in [5, 5.41) is 21.0. The van der Waals surface area contributed by atoms with Gasteiger partial charge in [0, 0.05) is 0 Å². The first kappa shape index (κ1) is 11.0. The lowest BCUT2D eigenvalue weighted by atomic mass is 10.2. The van der Waals surface area contributed by atoms with E-state index in [1.165, 1.54) is 0 Å². The summed E-state index contributed by atoms with van der Waals surface area (Å²) in [5.74, 6) is 0. The number of hydrogen-bond acceptors (Lipinski definition) is 4. The van der Waals surface area contributed by atoms with Crippen LogP contribution >= 0.6 is 11.6 Å².